The maximum atomic E-state index is 12.9. The summed E-state index contributed by atoms with van der Waals surface area (Å²) in [5, 5.41) is 0. The maximum Gasteiger partial charge on any atom is 0.416 e. The van der Waals surface area contributed by atoms with Gasteiger partial charge in [-0.15, -0.1) is 0 Å². The lowest BCUT2D eigenvalue weighted by molar-refractivity contribution is -0.138. The monoisotopic (exact) mass is 257 g/mol. The molecule has 0 aromatic carbocycles. The van der Waals surface area contributed by atoms with Crippen molar-refractivity contribution in [2.75, 3.05) is 0 Å². The van der Waals surface area contributed by atoms with E-state index in [2.05, 4.69) is 4.98 Å². The third-order valence-corrected chi connectivity index (χ3v) is 3.34. The highest BCUT2D eigenvalue weighted by atomic mass is 19.4. The van der Waals surface area contributed by atoms with Crippen LogP contribution in [-0.2, 0) is 11.0 Å². The quantitative estimate of drug-likeness (QED) is 0.718. The van der Waals surface area contributed by atoms with E-state index in [0.717, 1.165) is 31.5 Å². The number of nitrogens with zero attached hydrogens (tertiary/aromatic N) is 1. The van der Waals surface area contributed by atoms with E-state index in [9.17, 15) is 18.0 Å². The standard InChI is InChI=1S/C13H14F3NO/c14-13(15,16)11-6-7-17-8-10(11)9-4-2-1-3-5-12(9)18/h6-9H,1-5H2. The van der Waals surface area contributed by atoms with E-state index in [0.29, 0.717) is 12.8 Å². The number of ketones is 1. The molecule has 1 fully saturated rings. The first-order valence-electron chi connectivity index (χ1n) is 6.04. The molecule has 0 bridgehead atoms. The number of hydrogen-bond acceptors (Lipinski definition) is 2. The molecule has 1 aliphatic rings. The second-order valence-corrected chi connectivity index (χ2v) is 4.58. The van der Waals surface area contributed by atoms with Gasteiger partial charge in [0.15, 0.2) is 0 Å². The molecule has 1 aliphatic carbocycles. The number of pyridine rings is 1. The molecule has 1 aromatic heterocycles. The molecule has 0 saturated heterocycles. The Balaban J connectivity index is 2.40. The Labute approximate surface area is 103 Å². The fourth-order valence-corrected chi connectivity index (χ4v) is 2.43. The Morgan fingerprint density at radius 1 is 1.22 bits per heavy atom. The van der Waals surface area contributed by atoms with Crippen molar-refractivity contribution in [3.05, 3.63) is 29.6 Å². The lowest BCUT2D eigenvalue weighted by Gasteiger charge is -2.18. The summed E-state index contributed by atoms with van der Waals surface area (Å²) in [6.45, 7) is 0. The molecule has 1 saturated carbocycles. The topological polar surface area (TPSA) is 30.0 Å². The molecule has 0 spiro atoms. The lowest BCUT2D eigenvalue weighted by atomic mass is 9.88. The average molecular weight is 257 g/mol. The summed E-state index contributed by atoms with van der Waals surface area (Å²) in [4.78, 5) is 15.6. The van der Waals surface area contributed by atoms with Gasteiger partial charge in [-0.05, 0) is 24.5 Å². The Morgan fingerprint density at radius 2 is 2.00 bits per heavy atom. The first-order chi connectivity index (χ1) is 8.50. The summed E-state index contributed by atoms with van der Waals surface area (Å²) in [6, 6.07) is 0.952. The van der Waals surface area contributed by atoms with Gasteiger partial charge in [-0.2, -0.15) is 13.2 Å². The van der Waals surface area contributed by atoms with Crippen LogP contribution in [0.5, 0.6) is 0 Å². The van der Waals surface area contributed by atoms with E-state index in [1.54, 1.807) is 0 Å². The van der Waals surface area contributed by atoms with E-state index in [-0.39, 0.29) is 11.3 Å². The second-order valence-electron chi connectivity index (χ2n) is 4.58. The molecule has 0 N–H and O–H groups in total. The van der Waals surface area contributed by atoms with Crippen molar-refractivity contribution in [3.8, 4) is 0 Å². The summed E-state index contributed by atoms with van der Waals surface area (Å²) in [5.41, 5.74) is -0.686. The van der Waals surface area contributed by atoms with Crippen LogP contribution in [0, 0.1) is 0 Å². The van der Waals surface area contributed by atoms with E-state index in [1.807, 2.05) is 0 Å². The van der Waals surface area contributed by atoms with Crippen LogP contribution in [-0.4, -0.2) is 10.8 Å². The molecule has 0 aliphatic heterocycles. The van der Waals surface area contributed by atoms with E-state index in [1.165, 1.54) is 6.20 Å². The highest BCUT2D eigenvalue weighted by Crippen LogP contribution is 2.38. The van der Waals surface area contributed by atoms with Crippen LogP contribution in [0.15, 0.2) is 18.5 Å². The Bertz CT molecular complexity index is 442. The van der Waals surface area contributed by atoms with Crippen molar-refractivity contribution in [3.63, 3.8) is 0 Å². The third kappa shape index (κ3) is 2.71. The number of rotatable bonds is 1. The molecule has 5 heteroatoms. The van der Waals surface area contributed by atoms with Crippen molar-refractivity contribution in [2.45, 2.75) is 44.2 Å². The van der Waals surface area contributed by atoms with Gasteiger partial charge in [0, 0.05) is 24.7 Å². The molecule has 0 amide bonds. The van der Waals surface area contributed by atoms with Crippen LogP contribution in [0.4, 0.5) is 13.2 Å². The number of carbonyl (C=O) groups is 1. The molecule has 0 radical (unpaired) electrons. The average Bonchev–Trinajstić information content (AvgIpc) is 2.53. The molecular weight excluding hydrogens is 243 g/mol. The van der Waals surface area contributed by atoms with Crippen molar-refractivity contribution in [2.24, 2.45) is 0 Å². The molecule has 1 unspecified atom stereocenters. The van der Waals surface area contributed by atoms with Crippen molar-refractivity contribution >= 4 is 5.78 Å². The van der Waals surface area contributed by atoms with Gasteiger partial charge in [-0.3, -0.25) is 9.78 Å². The largest absolute Gasteiger partial charge is 0.416 e. The summed E-state index contributed by atoms with van der Waals surface area (Å²) >= 11 is 0. The fraction of sp³-hybridized carbons (Fsp3) is 0.538. The van der Waals surface area contributed by atoms with Gasteiger partial charge in [0.25, 0.3) is 0 Å². The molecule has 2 rings (SSSR count). The van der Waals surface area contributed by atoms with Crippen LogP contribution >= 0.6 is 0 Å². The van der Waals surface area contributed by atoms with Crippen LogP contribution in [0.3, 0.4) is 0 Å². The number of halogens is 3. The first kappa shape index (κ1) is 13.1. The molecule has 1 heterocycles. The lowest BCUT2D eigenvalue weighted by Crippen LogP contribution is -2.17. The second kappa shape index (κ2) is 5.08. The minimum absolute atomic E-state index is 0.0388. The zero-order valence-corrected chi connectivity index (χ0v) is 9.83. The van der Waals surface area contributed by atoms with Gasteiger partial charge in [0.2, 0.25) is 0 Å². The number of aromatic nitrogens is 1. The van der Waals surface area contributed by atoms with Crippen LogP contribution in [0.1, 0.15) is 49.1 Å². The minimum Gasteiger partial charge on any atom is -0.299 e. The van der Waals surface area contributed by atoms with Gasteiger partial charge in [-0.25, -0.2) is 0 Å². The molecule has 98 valence electrons. The van der Waals surface area contributed by atoms with E-state index >= 15 is 0 Å². The summed E-state index contributed by atoms with van der Waals surface area (Å²) in [7, 11) is 0. The predicted molar refractivity (Wildman–Crippen MR) is 60.1 cm³/mol. The molecule has 1 atom stereocenters. The van der Waals surface area contributed by atoms with Gasteiger partial charge in [0.1, 0.15) is 5.78 Å². The van der Waals surface area contributed by atoms with Crippen molar-refractivity contribution < 1.29 is 18.0 Å². The number of alkyl halides is 3. The zero-order valence-electron chi connectivity index (χ0n) is 9.83. The summed E-state index contributed by atoms with van der Waals surface area (Å²) in [5.74, 6) is -0.733. The zero-order chi connectivity index (χ0) is 13.2. The number of carbonyl (C=O) groups excluding carboxylic acids is 1. The fourth-order valence-electron chi connectivity index (χ4n) is 2.43. The molecular formula is C13H14F3NO. The van der Waals surface area contributed by atoms with Crippen LogP contribution < -0.4 is 0 Å². The van der Waals surface area contributed by atoms with Gasteiger partial charge in [0.05, 0.1) is 5.56 Å². The number of Topliss-reactive ketones (excluding diaryl/α,β-unsaturated/α-hetero) is 1. The van der Waals surface area contributed by atoms with Crippen LogP contribution in [0.25, 0.3) is 0 Å². The minimum atomic E-state index is -4.43. The Kier molecular flexibility index (Phi) is 3.68. The first-order valence-corrected chi connectivity index (χ1v) is 6.04. The van der Waals surface area contributed by atoms with Gasteiger partial charge in [-0.1, -0.05) is 12.8 Å². The van der Waals surface area contributed by atoms with E-state index in [4.69, 9.17) is 0 Å². The van der Waals surface area contributed by atoms with Crippen LogP contribution in [0.2, 0.25) is 0 Å². The normalized spacial score (nSPS) is 21.7. The molecule has 18 heavy (non-hydrogen) atoms. The number of hydrogen-bond donors (Lipinski definition) is 0. The Morgan fingerprint density at radius 3 is 2.72 bits per heavy atom. The summed E-state index contributed by atoms with van der Waals surface area (Å²) < 4.78 is 38.7. The van der Waals surface area contributed by atoms with Gasteiger partial charge >= 0.3 is 6.18 Å². The SMILES string of the molecule is O=C1CCCCCC1c1cnccc1C(F)(F)F. The third-order valence-electron chi connectivity index (χ3n) is 3.34. The Hall–Kier alpha value is -1.39. The molecule has 2 nitrogen and oxygen atoms in total. The predicted octanol–water partition coefficient (Wildman–Crippen LogP) is 3.72. The maximum absolute atomic E-state index is 12.9. The van der Waals surface area contributed by atoms with Gasteiger partial charge < -0.3 is 0 Å². The highest BCUT2D eigenvalue weighted by Gasteiger charge is 2.37. The highest BCUT2D eigenvalue weighted by molar-refractivity contribution is 5.86. The van der Waals surface area contributed by atoms with Crippen molar-refractivity contribution in [1.82, 2.24) is 4.98 Å². The summed E-state index contributed by atoms with van der Waals surface area (Å²) in [6.07, 6.45) is 1.23. The van der Waals surface area contributed by atoms with E-state index < -0.39 is 17.7 Å². The molecule has 1 aromatic rings. The smallest absolute Gasteiger partial charge is 0.299 e. The van der Waals surface area contributed by atoms with Crippen molar-refractivity contribution in [1.29, 1.82) is 0 Å².